The third-order valence-electron chi connectivity index (χ3n) is 3.99. The van der Waals surface area contributed by atoms with E-state index in [1.54, 1.807) is 7.11 Å². The molecular formula is C16H24N2O2S. The Morgan fingerprint density at radius 1 is 1.48 bits per heavy atom. The van der Waals surface area contributed by atoms with E-state index in [2.05, 4.69) is 12.2 Å². The molecule has 116 valence electrons. The molecule has 1 fully saturated rings. The molecule has 1 aliphatic heterocycles. The molecule has 1 saturated heterocycles. The van der Waals surface area contributed by atoms with Gasteiger partial charge in [-0.1, -0.05) is 12.1 Å². The number of carbonyl (C=O) groups excluding carboxylic acids is 1. The van der Waals surface area contributed by atoms with Crippen molar-refractivity contribution in [3.05, 3.63) is 29.8 Å². The van der Waals surface area contributed by atoms with Gasteiger partial charge in [-0.3, -0.25) is 4.79 Å². The second kappa shape index (κ2) is 7.71. The van der Waals surface area contributed by atoms with Crippen LogP contribution in [-0.4, -0.2) is 49.1 Å². The summed E-state index contributed by atoms with van der Waals surface area (Å²) in [5.41, 5.74) is 1.12. The van der Waals surface area contributed by atoms with Crippen molar-refractivity contribution in [1.29, 1.82) is 0 Å². The maximum absolute atomic E-state index is 12.4. The number of carbonyl (C=O) groups is 1. The zero-order valence-corrected chi connectivity index (χ0v) is 13.8. The summed E-state index contributed by atoms with van der Waals surface area (Å²) in [6, 6.07) is 8.28. The van der Waals surface area contributed by atoms with Crippen LogP contribution in [0.15, 0.2) is 24.3 Å². The van der Waals surface area contributed by atoms with E-state index in [1.807, 2.05) is 48.0 Å². The third kappa shape index (κ3) is 4.38. The maximum Gasteiger partial charge on any atom is 0.224 e. The average Bonchev–Trinajstić information content (AvgIpc) is 2.54. The summed E-state index contributed by atoms with van der Waals surface area (Å²) in [7, 11) is 3.54. The van der Waals surface area contributed by atoms with Gasteiger partial charge in [0.25, 0.3) is 0 Å². The molecule has 0 radical (unpaired) electrons. The molecule has 1 N–H and O–H groups in total. The van der Waals surface area contributed by atoms with Crippen LogP contribution in [0.5, 0.6) is 5.75 Å². The first-order valence-corrected chi connectivity index (χ1v) is 8.48. The predicted octanol–water partition coefficient (Wildman–Crippen LogP) is 2.31. The normalized spacial score (nSPS) is 19.9. The van der Waals surface area contributed by atoms with Gasteiger partial charge in [-0.05, 0) is 24.6 Å². The Labute approximate surface area is 131 Å². The van der Waals surface area contributed by atoms with Crippen LogP contribution in [0, 0.1) is 0 Å². The molecule has 0 saturated carbocycles. The van der Waals surface area contributed by atoms with Crippen molar-refractivity contribution in [2.75, 3.05) is 32.2 Å². The van der Waals surface area contributed by atoms with E-state index in [1.165, 1.54) is 0 Å². The monoisotopic (exact) mass is 308 g/mol. The lowest BCUT2D eigenvalue weighted by Gasteiger charge is -2.29. The van der Waals surface area contributed by atoms with Gasteiger partial charge in [-0.2, -0.15) is 11.8 Å². The lowest BCUT2D eigenvalue weighted by atomic mass is 10.1. The molecule has 0 spiro atoms. The molecule has 1 aromatic carbocycles. The summed E-state index contributed by atoms with van der Waals surface area (Å²) in [5, 5.41) is 3.41. The molecule has 0 aliphatic carbocycles. The third-order valence-corrected chi connectivity index (χ3v) is 5.12. The fourth-order valence-electron chi connectivity index (χ4n) is 2.43. The Morgan fingerprint density at radius 3 is 2.76 bits per heavy atom. The zero-order valence-electron chi connectivity index (χ0n) is 13.0. The predicted molar refractivity (Wildman–Crippen MR) is 87.9 cm³/mol. The molecule has 2 unspecified atom stereocenters. The van der Waals surface area contributed by atoms with Crippen LogP contribution in [0.25, 0.3) is 0 Å². The van der Waals surface area contributed by atoms with E-state index >= 15 is 0 Å². The molecule has 4 nitrogen and oxygen atoms in total. The minimum Gasteiger partial charge on any atom is -0.497 e. The first-order valence-electron chi connectivity index (χ1n) is 7.32. The number of ether oxygens (including phenoxy) is 1. The second-order valence-electron chi connectivity index (χ2n) is 5.38. The Balaban J connectivity index is 1.93. The van der Waals surface area contributed by atoms with Gasteiger partial charge in [0, 0.05) is 37.6 Å². The molecule has 1 aromatic rings. The lowest BCUT2D eigenvalue weighted by molar-refractivity contribution is -0.132. The van der Waals surface area contributed by atoms with E-state index in [4.69, 9.17) is 4.74 Å². The summed E-state index contributed by atoms with van der Waals surface area (Å²) in [4.78, 5) is 14.2. The van der Waals surface area contributed by atoms with Gasteiger partial charge >= 0.3 is 0 Å². The van der Waals surface area contributed by atoms with Crippen molar-refractivity contribution in [3.63, 3.8) is 0 Å². The highest BCUT2D eigenvalue weighted by Crippen LogP contribution is 2.22. The fraction of sp³-hybridized carbons (Fsp3) is 0.562. The molecule has 1 amide bonds. The van der Waals surface area contributed by atoms with Crippen LogP contribution in [-0.2, 0) is 4.79 Å². The summed E-state index contributed by atoms with van der Waals surface area (Å²) < 4.78 is 5.17. The SMILES string of the molecule is COc1ccc(C(C)N(C)C(=O)CC2CSCCN2)cc1. The van der Waals surface area contributed by atoms with E-state index < -0.39 is 0 Å². The van der Waals surface area contributed by atoms with Crippen LogP contribution < -0.4 is 10.1 Å². The molecule has 21 heavy (non-hydrogen) atoms. The number of amides is 1. The highest BCUT2D eigenvalue weighted by atomic mass is 32.2. The molecule has 1 aliphatic rings. The molecule has 1 heterocycles. The Morgan fingerprint density at radius 2 is 2.19 bits per heavy atom. The van der Waals surface area contributed by atoms with Gasteiger partial charge < -0.3 is 15.0 Å². The topological polar surface area (TPSA) is 41.6 Å². The van der Waals surface area contributed by atoms with Crippen molar-refractivity contribution in [3.8, 4) is 5.75 Å². The minimum absolute atomic E-state index is 0.0691. The molecule has 0 bridgehead atoms. The van der Waals surface area contributed by atoms with Crippen molar-refractivity contribution >= 4 is 17.7 Å². The van der Waals surface area contributed by atoms with Gasteiger partial charge in [0.15, 0.2) is 0 Å². The minimum atomic E-state index is 0.0691. The van der Waals surface area contributed by atoms with Crippen LogP contribution in [0.3, 0.4) is 0 Å². The highest BCUT2D eigenvalue weighted by molar-refractivity contribution is 7.99. The van der Waals surface area contributed by atoms with Crippen molar-refractivity contribution in [2.45, 2.75) is 25.4 Å². The molecule has 2 atom stereocenters. The molecular weight excluding hydrogens is 284 g/mol. The number of hydrogen-bond donors (Lipinski definition) is 1. The Kier molecular flexibility index (Phi) is 5.94. The van der Waals surface area contributed by atoms with Crippen LogP contribution in [0.2, 0.25) is 0 Å². The summed E-state index contributed by atoms with van der Waals surface area (Å²) >= 11 is 1.92. The number of rotatable bonds is 5. The van der Waals surface area contributed by atoms with Crippen LogP contribution in [0.4, 0.5) is 0 Å². The first kappa shape index (κ1) is 16.2. The van der Waals surface area contributed by atoms with E-state index in [0.717, 1.165) is 29.4 Å². The van der Waals surface area contributed by atoms with Crippen LogP contribution >= 0.6 is 11.8 Å². The molecule has 0 aromatic heterocycles. The van der Waals surface area contributed by atoms with Crippen molar-refractivity contribution in [1.82, 2.24) is 10.2 Å². The number of nitrogens with one attached hydrogen (secondary N) is 1. The largest absolute Gasteiger partial charge is 0.497 e. The van der Waals surface area contributed by atoms with E-state index in [-0.39, 0.29) is 11.9 Å². The smallest absolute Gasteiger partial charge is 0.224 e. The quantitative estimate of drug-likeness (QED) is 0.906. The second-order valence-corrected chi connectivity index (χ2v) is 6.53. The summed E-state index contributed by atoms with van der Waals surface area (Å²) in [6.07, 6.45) is 0.573. The van der Waals surface area contributed by atoms with Gasteiger partial charge in [-0.15, -0.1) is 0 Å². The highest BCUT2D eigenvalue weighted by Gasteiger charge is 2.22. The van der Waals surface area contributed by atoms with Gasteiger partial charge in [0.05, 0.1) is 13.2 Å². The van der Waals surface area contributed by atoms with E-state index in [0.29, 0.717) is 12.5 Å². The first-order chi connectivity index (χ1) is 10.1. The summed E-state index contributed by atoms with van der Waals surface area (Å²) in [5.74, 6) is 3.20. The lowest BCUT2D eigenvalue weighted by Crippen LogP contribution is -2.42. The van der Waals surface area contributed by atoms with Crippen molar-refractivity contribution in [2.24, 2.45) is 0 Å². The maximum atomic E-state index is 12.4. The number of thioether (sulfide) groups is 1. The number of nitrogens with zero attached hydrogens (tertiary/aromatic N) is 1. The Hall–Kier alpha value is -1.20. The van der Waals surface area contributed by atoms with Gasteiger partial charge in [0.1, 0.15) is 5.75 Å². The number of hydrogen-bond acceptors (Lipinski definition) is 4. The molecule has 5 heteroatoms. The zero-order chi connectivity index (χ0) is 15.2. The average molecular weight is 308 g/mol. The standard InChI is InChI=1S/C16H24N2O2S/c1-12(13-4-6-15(20-3)7-5-13)18(2)16(19)10-14-11-21-9-8-17-14/h4-7,12,14,17H,8-11H2,1-3H3. The Bertz CT molecular complexity index is 458. The summed E-state index contributed by atoms with van der Waals surface area (Å²) in [6.45, 7) is 3.06. The van der Waals surface area contributed by atoms with Gasteiger partial charge in [-0.25, -0.2) is 0 Å². The van der Waals surface area contributed by atoms with Crippen LogP contribution in [0.1, 0.15) is 24.9 Å². The van der Waals surface area contributed by atoms with Gasteiger partial charge in [0.2, 0.25) is 5.91 Å². The number of benzene rings is 1. The van der Waals surface area contributed by atoms with E-state index in [9.17, 15) is 4.79 Å². The number of methoxy groups -OCH3 is 1. The fourth-order valence-corrected chi connectivity index (χ4v) is 3.38. The van der Waals surface area contributed by atoms with Crippen molar-refractivity contribution < 1.29 is 9.53 Å². The molecule has 2 rings (SSSR count).